The van der Waals surface area contributed by atoms with Gasteiger partial charge in [-0.05, 0) is 25.1 Å². The molecule has 0 radical (unpaired) electrons. The van der Waals surface area contributed by atoms with Crippen LogP contribution < -0.4 is 5.32 Å². The number of carbonyl (C=O) groups excluding carboxylic acids is 2. The number of hydrogen-bond donors (Lipinski definition) is 1. The molecular weight excluding hydrogens is 280 g/mol. The SMILES string of the molecule is Cc1c(C(=O)NCC(=O)N(C)C)oc2ccc(Cl)cc12. The Hall–Kier alpha value is -2.01. The average Bonchev–Trinajstić information content (AvgIpc) is 2.73. The molecule has 1 heterocycles. The van der Waals surface area contributed by atoms with Crippen molar-refractivity contribution in [3.05, 3.63) is 34.5 Å². The van der Waals surface area contributed by atoms with E-state index in [1.54, 1.807) is 39.2 Å². The Morgan fingerprint density at radius 1 is 1.35 bits per heavy atom. The van der Waals surface area contributed by atoms with E-state index in [1.807, 2.05) is 0 Å². The van der Waals surface area contributed by atoms with E-state index >= 15 is 0 Å². The number of hydrogen-bond acceptors (Lipinski definition) is 3. The van der Waals surface area contributed by atoms with Gasteiger partial charge in [-0.15, -0.1) is 0 Å². The van der Waals surface area contributed by atoms with Crippen LogP contribution in [0.3, 0.4) is 0 Å². The highest BCUT2D eigenvalue weighted by molar-refractivity contribution is 6.31. The van der Waals surface area contributed by atoms with Gasteiger partial charge in [0, 0.05) is 30.1 Å². The van der Waals surface area contributed by atoms with Gasteiger partial charge in [-0.1, -0.05) is 11.6 Å². The Bertz CT molecular complexity index is 676. The Balaban J connectivity index is 2.22. The lowest BCUT2D eigenvalue weighted by Crippen LogP contribution is -2.36. The third-order valence-corrected chi connectivity index (χ3v) is 3.24. The third kappa shape index (κ3) is 2.77. The van der Waals surface area contributed by atoms with E-state index in [2.05, 4.69) is 5.32 Å². The fourth-order valence-electron chi connectivity index (χ4n) is 1.80. The normalized spacial score (nSPS) is 10.6. The Labute approximate surface area is 121 Å². The molecule has 20 heavy (non-hydrogen) atoms. The lowest BCUT2D eigenvalue weighted by atomic mass is 10.1. The Morgan fingerprint density at radius 2 is 2.05 bits per heavy atom. The van der Waals surface area contributed by atoms with Crippen LogP contribution >= 0.6 is 11.6 Å². The van der Waals surface area contributed by atoms with Gasteiger partial charge in [-0.25, -0.2) is 0 Å². The first-order valence-electron chi connectivity index (χ1n) is 6.07. The highest BCUT2D eigenvalue weighted by atomic mass is 35.5. The number of fused-ring (bicyclic) bond motifs is 1. The van der Waals surface area contributed by atoms with Gasteiger partial charge in [-0.2, -0.15) is 0 Å². The maximum Gasteiger partial charge on any atom is 0.287 e. The lowest BCUT2D eigenvalue weighted by molar-refractivity contribution is -0.127. The van der Waals surface area contributed by atoms with Crippen molar-refractivity contribution in [1.29, 1.82) is 0 Å². The molecule has 2 aromatic rings. The molecule has 2 rings (SSSR count). The van der Waals surface area contributed by atoms with E-state index in [-0.39, 0.29) is 18.2 Å². The second kappa shape index (κ2) is 5.54. The van der Waals surface area contributed by atoms with Crippen LogP contribution in [-0.4, -0.2) is 37.4 Å². The molecule has 1 aromatic carbocycles. The van der Waals surface area contributed by atoms with Gasteiger partial charge >= 0.3 is 0 Å². The maximum absolute atomic E-state index is 12.0. The minimum atomic E-state index is -0.412. The molecule has 0 unspecified atom stereocenters. The molecule has 0 atom stereocenters. The summed E-state index contributed by atoms with van der Waals surface area (Å²) >= 11 is 5.92. The molecule has 0 aliphatic rings. The van der Waals surface area contributed by atoms with Gasteiger partial charge in [-0.3, -0.25) is 9.59 Å². The van der Waals surface area contributed by atoms with Gasteiger partial charge in [0.1, 0.15) is 5.58 Å². The van der Waals surface area contributed by atoms with Crippen molar-refractivity contribution >= 4 is 34.4 Å². The van der Waals surface area contributed by atoms with Crippen LogP contribution in [0.1, 0.15) is 16.1 Å². The zero-order chi connectivity index (χ0) is 14.9. The fourth-order valence-corrected chi connectivity index (χ4v) is 1.98. The molecule has 6 heteroatoms. The summed E-state index contributed by atoms with van der Waals surface area (Å²) in [5.74, 6) is -0.394. The van der Waals surface area contributed by atoms with E-state index < -0.39 is 5.91 Å². The van der Waals surface area contributed by atoms with Crippen LogP contribution in [0.25, 0.3) is 11.0 Å². The number of benzene rings is 1. The van der Waals surface area contributed by atoms with Crippen LogP contribution in [0.2, 0.25) is 5.02 Å². The van der Waals surface area contributed by atoms with Crippen LogP contribution in [0.4, 0.5) is 0 Å². The van der Waals surface area contributed by atoms with Crippen molar-refractivity contribution in [1.82, 2.24) is 10.2 Å². The minimum Gasteiger partial charge on any atom is -0.451 e. The smallest absolute Gasteiger partial charge is 0.287 e. The van der Waals surface area contributed by atoms with Crippen molar-refractivity contribution < 1.29 is 14.0 Å². The number of nitrogens with one attached hydrogen (secondary N) is 1. The summed E-state index contributed by atoms with van der Waals surface area (Å²) in [6, 6.07) is 5.16. The average molecular weight is 295 g/mol. The largest absolute Gasteiger partial charge is 0.451 e. The first-order chi connectivity index (χ1) is 9.40. The van der Waals surface area contributed by atoms with Crippen molar-refractivity contribution in [2.24, 2.45) is 0 Å². The number of furan rings is 1. The van der Waals surface area contributed by atoms with E-state index in [0.717, 1.165) is 5.39 Å². The highest BCUT2D eigenvalue weighted by Crippen LogP contribution is 2.27. The highest BCUT2D eigenvalue weighted by Gasteiger charge is 2.18. The number of rotatable bonds is 3. The first kappa shape index (κ1) is 14.4. The summed E-state index contributed by atoms with van der Waals surface area (Å²) < 4.78 is 5.51. The molecule has 0 aliphatic carbocycles. The van der Waals surface area contributed by atoms with Gasteiger partial charge < -0.3 is 14.6 Å². The summed E-state index contributed by atoms with van der Waals surface area (Å²) in [6.45, 7) is 1.72. The van der Waals surface area contributed by atoms with Crippen molar-refractivity contribution in [3.63, 3.8) is 0 Å². The van der Waals surface area contributed by atoms with Crippen molar-refractivity contribution in [3.8, 4) is 0 Å². The lowest BCUT2D eigenvalue weighted by Gasteiger charge is -2.10. The van der Waals surface area contributed by atoms with Crippen LogP contribution in [0.5, 0.6) is 0 Å². The predicted octanol–water partition coefficient (Wildman–Crippen LogP) is 2.21. The molecule has 5 nitrogen and oxygen atoms in total. The van der Waals surface area contributed by atoms with Crippen molar-refractivity contribution in [2.75, 3.05) is 20.6 Å². The number of carbonyl (C=O) groups is 2. The van der Waals surface area contributed by atoms with Gasteiger partial charge in [0.15, 0.2) is 5.76 Å². The summed E-state index contributed by atoms with van der Waals surface area (Å²) in [6.07, 6.45) is 0. The summed E-state index contributed by atoms with van der Waals surface area (Å²) in [7, 11) is 3.26. The van der Waals surface area contributed by atoms with Gasteiger partial charge in [0.25, 0.3) is 5.91 Å². The molecule has 0 spiro atoms. The van der Waals surface area contributed by atoms with Gasteiger partial charge in [0.2, 0.25) is 5.91 Å². The standard InChI is InChI=1S/C14H15ClN2O3/c1-8-10-6-9(15)4-5-11(10)20-13(8)14(19)16-7-12(18)17(2)3/h4-6H,7H2,1-3H3,(H,16,19). The second-order valence-corrected chi connectivity index (χ2v) is 5.10. The van der Waals surface area contributed by atoms with E-state index in [1.165, 1.54) is 4.90 Å². The Kier molecular flexibility index (Phi) is 3.99. The molecule has 0 bridgehead atoms. The molecule has 0 saturated heterocycles. The molecule has 1 N–H and O–H groups in total. The van der Waals surface area contributed by atoms with Crippen molar-refractivity contribution in [2.45, 2.75) is 6.92 Å². The zero-order valence-electron chi connectivity index (χ0n) is 11.5. The number of amides is 2. The topological polar surface area (TPSA) is 62.6 Å². The summed E-state index contributed by atoms with van der Waals surface area (Å²) in [5, 5.41) is 3.91. The molecule has 106 valence electrons. The quantitative estimate of drug-likeness (QED) is 0.944. The molecular formula is C14H15ClN2O3. The molecule has 1 aromatic heterocycles. The second-order valence-electron chi connectivity index (χ2n) is 4.67. The van der Waals surface area contributed by atoms with Gasteiger partial charge in [0.05, 0.1) is 6.54 Å². The maximum atomic E-state index is 12.0. The van der Waals surface area contributed by atoms with E-state index in [9.17, 15) is 9.59 Å². The summed E-state index contributed by atoms with van der Waals surface area (Å²) in [5.41, 5.74) is 1.30. The van der Waals surface area contributed by atoms with E-state index in [4.69, 9.17) is 16.0 Å². The number of aryl methyl sites for hydroxylation is 1. The zero-order valence-corrected chi connectivity index (χ0v) is 12.2. The van der Waals surface area contributed by atoms with Crippen LogP contribution in [0.15, 0.2) is 22.6 Å². The van der Waals surface area contributed by atoms with Crippen LogP contribution in [-0.2, 0) is 4.79 Å². The molecule has 2 amide bonds. The monoisotopic (exact) mass is 294 g/mol. The van der Waals surface area contributed by atoms with E-state index in [0.29, 0.717) is 16.2 Å². The predicted molar refractivity (Wildman–Crippen MR) is 77.0 cm³/mol. The molecule has 0 fully saturated rings. The van der Waals surface area contributed by atoms with Crippen LogP contribution in [0, 0.1) is 6.92 Å². The fraction of sp³-hybridized carbons (Fsp3) is 0.286. The summed E-state index contributed by atoms with van der Waals surface area (Å²) in [4.78, 5) is 24.9. The molecule has 0 saturated carbocycles. The Morgan fingerprint density at radius 3 is 2.70 bits per heavy atom. The number of nitrogens with zero attached hydrogens (tertiary/aromatic N) is 1. The minimum absolute atomic E-state index is 0.0664. The molecule has 0 aliphatic heterocycles. The third-order valence-electron chi connectivity index (χ3n) is 3.00. The number of halogens is 1. The first-order valence-corrected chi connectivity index (χ1v) is 6.45. The number of likely N-dealkylation sites (N-methyl/N-ethyl adjacent to an activating group) is 1.